The van der Waals surface area contributed by atoms with E-state index in [0.29, 0.717) is 18.7 Å². The zero-order valence-electron chi connectivity index (χ0n) is 23.6. The minimum absolute atomic E-state index is 0.0126. The number of hydrogen-bond acceptors (Lipinski definition) is 6. The van der Waals surface area contributed by atoms with E-state index >= 15 is 0 Å². The summed E-state index contributed by atoms with van der Waals surface area (Å²) < 4.78 is 6.39. The molecule has 0 saturated carbocycles. The molecule has 210 valence electrons. The van der Waals surface area contributed by atoms with Crippen LogP contribution < -0.4 is 15.4 Å². The second kappa shape index (κ2) is 14.5. The summed E-state index contributed by atoms with van der Waals surface area (Å²) in [5.74, 6) is 0.684. The lowest BCUT2D eigenvalue weighted by Crippen LogP contribution is -2.52. The van der Waals surface area contributed by atoms with Gasteiger partial charge in [-0.3, -0.25) is 4.90 Å². The molecule has 6 heteroatoms. The Labute approximate surface area is 238 Å². The molecule has 4 rings (SSSR count). The van der Waals surface area contributed by atoms with Crippen molar-refractivity contribution >= 4 is 11.4 Å². The fourth-order valence-electron chi connectivity index (χ4n) is 5.12. The van der Waals surface area contributed by atoms with E-state index in [9.17, 15) is 10.2 Å². The first-order valence-corrected chi connectivity index (χ1v) is 13.9. The van der Waals surface area contributed by atoms with E-state index in [0.717, 1.165) is 28.1 Å². The van der Waals surface area contributed by atoms with Crippen LogP contribution in [0.2, 0.25) is 0 Å². The van der Waals surface area contributed by atoms with Crippen LogP contribution in [0, 0.1) is 0 Å². The van der Waals surface area contributed by atoms with Crippen molar-refractivity contribution in [2.24, 2.45) is 0 Å². The van der Waals surface area contributed by atoms with Crippen molar-refractivity contribution in [3.05, 3.63) is 126 Å². The molecule has 0 spiro atoms. The van der Waals surface area contributed by atoms with Crippen LogP contribution in [-0.2, 0) is 6.54 Å². The van der Waals surface area contributed by atoms with Gasteiger partial charge in [0.2, 0.25) is 0 Å². The molecule has 0 aliphatic heterocycles. The average Bonchev–Trinajstić information content (AvgIpc) is 3.01. The van der Waals surface area contributed by atoms with Crippen LogP contribution in [0.5, 0.6) is 5.75 Å². The number of rotatable bonds is 14. The van der Waals surface area contributed by atoms with Gasteiger partial charge in [-0.05, 0) is 66.4 Å². The van der Waals surface area contributed by atoms with E-state index in [-0.39, 0.29) is 18.6 Å². The molecular weight excluding hydrogens is 498 g/mol. The van der Waals surface area contributed by atoms with Gasteiger partial charge in [0.15, 0.2) is 6.23 Å². The summed E-state index contributed by atoms with van der Waals surface area (Å²) in [6, 6.07) is 36.3. The largest absolute Gasteiger partial charge is 0.472 e. The van der Waals surface area contributed by atoms with Crippen LogP contribution in [-0.4, -0.2) is 54.2 Å². The number of anilines is 2. The van der Waals surface area contributed by atoms with Gasteiger partial charge in [-0.15, -0.1) is 0 Å². The molecule has 0 bridgehead atoms. The van der Waals surface area contributed by atoms with Crippen LogP contribution in [0.4, 0.5) is 11.4 Å². The number of aliphatic hydroxyl groups excluding tert-OH is 2. The highest BCUT2D eigenvalue weighted by Crippen LogP contribution is 2.34. The van der Waals surface area contributed by atoms with Crippen LogP contribution in [0.3, 0.4) is 0 Å². The Morgan fingerprint density at radius 1 is 0.725 bits per heavy atom. The lowest BCUT2D eigenvalue weighted by Gasteiger charge is -2.40. The minimum atomic E-state index is -0.804. The average molecular weight is 540 g/mol. The predicted octanol–water partition coefficient (Wildman–Crippen LogP) is 5.94. The molecule has 0 heterocycles. The summed E-state index contributed by atoms with van der Waals surface area (Å²) in [5, 5.41) is 28.3. The van der Waals surface area contributed by atoms with Crippen LogP contribution in [0.15, 0.2) is 109 Å². The quantitative estimate of drug-likeness (QED) is 0.149. The smallest absolute Gasteiger partial charge is 0.179 e. The van der Waals surface area contributed by atoms with Gasteiger partial charge < -0.3 is 25.6 Å². The number of para-hydroxylation sites is 1. The maximum Gasteiger partial charge on any atom is 0.179 e. The number of nitrogens with one attached hydrogen (secondary N) is 2. The molecule has 0 amide bonds. The van der Waals surface area contributed by atoms with Crippen LogP contribution >= 0.6 is 0 Å². The van der Waals surface area contributed by atoms with Crippen molar-refractivity contribution < 1.29 is 14.9 Å². The van der Waals surface area contributed by atoms with E-state index in [4.69, 9.17) is 4.74 Å². The third-order valence-corrected chi connectivity index (χ3v) is 7.34. The summed E-state index contributed by atoms with van der Waals surface area (Å²) in [4.78, 5) is 2.10. The van der Waals surface area contributed by atoms with Crippen LogP contribution in [0.1, 0.15) is 36.0 Å². The fraction of sp³-hybridized carbons (Fsp3) is 0.294. The number of hydrogen-bond donors (Lipinski definition) is 4. The van der Waals surface area contributed by atoms with Crippen molar-refractivity contribution in [2.75, 3.05) is 31.3 Å². The molecule has 0 saturated heterocycles. The first-order valence-electron chi connectivity index (χ1n) is 13.9. The summed E-state index contributed by atoms with van der Waals surface area (Å²) >= 11 is 0. The Bertz CT molecular complexity index is 1220. The van der Waals surface area contributed by atoms with Gasteiger partial charge in [-0.25, -0.2) is 0 Å². The van der Waals surface area contributed by atoms with E-state index in [2.05, 4.69) is 76.2 Å². The topological polar surface area (TPSA) is 77.0 Å². The monoisotopic (exact) mass is 539 g/mol. The molecular formula is C34H41N3O3. The van der Waals surface area contributed by atoms with Crippen molar-refractivity contribution in [2.45, 2.75) is 44.2 Å². The third kappa shape index (κ3) is 7.63. The second-order valence-electron chi connectivity index (χ2n) is 10.1. The van der Waals surface area contributed by atoms with Crippen molar-refractivity contribution in [3.63, 3.8) is 0 Å². The summed E-state index contributed by atoms with van der Waals surface area (Å²) in [7, 11) is 3.82. The summed E-state index contributed by atoms with van der Waals surface area (Å²) in [6.45, 7) is 2.16. The lowest BCUT2D eigenvalue weighted by atomic mass is 9.85. The van der Waals surface area contributed by atoms with Gasteiger partial charge in [-0.2, -0.15) is 0 Å². The van der Waals surface area contributed by atoms with Crippen molar-refractivity contribution in [1.82, 2.24) is 4.90 Å². The molecule has 3 atom stereocenters. The Morgan fingerprint density at radius 2 is 1.23 bits per heavy atom. The molecule has 0 aliphatic rings. The minimum Gasteiger partial charge on any atom is -0.472 e. The van der Waals surface area contributed by atoms with Gasteiger partial charge >= 0.3 is 0 Å². The van der Waals surface area contributed by atoms with E-state index < -0.39 is 12.3 Å². The van der Waals surface area contributed by atoms with Gasteiger partial charge in [0, 0.05) is 44.0 Å². The zero-order chi connectivity index (χ0) is 28.3. The predicted molar refractivity (Wildman–Crippen MR) is 164 cm³/mol. The van der Waals surface area contributed by atoms with Crippen molar-refractivity contribution in [1.29, 1.82) is 0 Å². The van der Waals surface area contributed by atoms with E-state index in [1.54, 1.807) is 6.92 Å². The molecule has 40 heavy (non-hydrogen) atoms. The number of ether oxygens (including phenoxy) is 1. The Balaban J connectivity index is 1.73. The molecule has 4 aromatic carbocycles. The third-order valence-electron chi connectivity index (χ3n) is 7.34. The molecule has 2 unspecified atom stereocenters. The van der Waals surface area contributed by atoms with Gasteiger partial charge in [0.25, 0.3) is 0 Å². The molecule has 0 radical (unpaired) electrons. The van der Waals surface area contributed by atoms with Crippen molar-refractivity contribution in [3.8, 4) is 5.75 Å². The van der Waals surface area contributed by atoms with Gasteiger partial charge in [-0.1, -0.05) is 72.8 Å². The van der Waals surface area contributed by atoms with Gasteiger partial charge in [0.05, 0.1) is 6.61 Å². The lowest BCUT2D eigenvalue weighted by molar-refractivity contribution is -0.0923. The first-order chi connectivity index (χ1) is 19.5. The summed E-state index contributed by atoms with van der Waals surface area (Å²) in [5.41, 5.74) is 5.49. The molecule has 4 aromatic rings. The summed E-state index contributed by atoms with van der Waals surface area (Å²) in [6.07, 6.45) is -0.845. The molecule has 4 N–H and O–H groups in total. The second-order valence-corrected chi connectivity index (χ2v) is 10.1. The van der Waals surface area contributed by atoms with E-state index in [1.165, 1.54) is 0 Å². The highest BCUT2D eigenvalue weighted by molar-refractivity contribution is 5.49. The SMILES string of the molecule is CNc1ccc(C(C[C@@H](CO)N(Cc2ccccc2)C(Oc2ccccc2)C(C)O)c2ccc(NC)cc2)cc1. The standard InChI is InChI=1S/C34H41N3O3/c1-25(39)34(40-32-12-8-5-9-13-32)37(23-26-10-6-4-7-11-26)31(24-38)22-33(27-14-18-29(35-2)19-15-27)28-16-20-30(36-3)21-17-28/h4-21,25,31,33-36,38-39H,22-24H2,1-3H3/t25?,31-,34?/m0/s1. The Kier molecular flexibility index (Phi) is 10.6. The molecule has 6 nitrogen and oxygen atoms in total. The highest BCUT2D eigenvalue weighted by atomic mass is 16.5. The van der Waals surface area contributed by atoms with Crippen LogP contribution in [0.25, 0.3) is 0 Å². The maximum absolute atomic E-state index is 11.0. The normalized spacial score (nSPS) is 13.6. The molecule has 0 fully saturated rings. The first kappa shape index (κ1) is 29.2. The zero-order valence-corrected chi connectivity index (χ0v) is 23.6. The Hall–Kier alpha value is -3.84. The molecule has 0 aromatic heterocycles. The maximum atomic E-state index is 11.0. The number of nitrogens with zero attached hydrogens (tertiary/aromatic N) is 1. The molecule has 0 aliphatic carbocycles. The highest BCUT2D eigenvalue weighted by Gasteiger charge is 2.33. The van der Waals surface area contributed by atoms with E-state index in [1.807, 2.05) is 62.6 Å². The Morgan fingerprint density at radius 3 is 1.68 bits per heavy atom. The number of aliphatic hydroxyl groups is 2. The number of benzene rings is 4. The van der Waals surface area contributed by atoms with Gasteiger partial charge in [0.1, 0.15) is 11.9 Å². The fourth-order valence-corrected chi connectivity index (χ4v) is 5.12.